The van der Waals surface area contributed by atoms with E-state index in [1.165, 1.54) is 19.9 Å². The Labute approximate surface area is 159 Å². The lowest BCUT2D eigenvalue weighted by molar-refractivity contribution is -0.141. The van der Waals surface area contributed by atoms with Gasteiger partial charge in [-0.15, -0.1) is 0 Å². The number of benzene rings is 1. The highest BCUT2D eigenvalue weighted by Crippen LogP contribution is 2.24. The van der Waals surface area contributed by atoms with Crippen LogP contribution < -0.4 is 5.32 Å². The first-order valence-electron chi connectivity index (χ1n) is 7.95. The van der Waals surface area contributed by atoms with E-state index in [-0.39, 0.29) is 17.0 Å². The number of amides is 1. The topological polar surface area (TPSA) is 60.3 Å². The van der Waals surface area contributed by atoms with Crippen LogP contribution in [0.25, 0.3) is 0 Å². The fourth-order valence-corrected chi connectivity index (χ4v) is 2.74. The number of nitrogens with zero attached hydrogens (tertiary/aromatic N) is 1. The van der Waals surface area contributed by atoms with E-state index < -0.39 is 31.2 Å². The average Bonchev–Trinajstić information content (AvgIpc) is 2.84. The van der Waals surface area contributed by atoms with Crippen LogP contribution in [-0.4, -0.2) is 29.2 Å². The highest BCUT2D eigenvalue weighted by molar-refractivity contribution is 6.31. The Hall–Kier alpha value is -2.48. The Bertz CT molecular complexity index is 875. The number of ether oxygens (including phenoxy) is 1. The number of hydrogen-bond donors (Lipinski definition) is 1. The highest BCUT2D eigenvalue weighted by Gasteiger charge is 2.30. The minimum absolute atomic E-state index is 0.0107. The maximum Gasteiger partial charge on any atom is 0.406 e. The van der Waals surface area contributed by atoms with Crippen molar-refractivity contribution in [3.05, 3.63) is 51.8 Å². The Morgan fingerprint density at radius 3 is 2.52 bits per heavy atom. The summed E-state index contributed by atoms with van der Waals surface area (Å²) < 4.78 is 43.8. The first-order chi connectivity index (χ1) is 12.5. The van der Waals surface area contributed by atoms with Gasteiger partial charge in [-0.3, -0.25) is 4.79 Å². The molecule has 0 saturated heterocycles. The van der Waals surface area contributed by atoms with Gasteiger partial charge >= 0.3 is 12.1 Å². The molecule has 1 amide bonds. The third-order valence-electron chi connectivity index (χ3n) is 4.01. The minimum Gasteiger partial charge on any atom is -0.452 e. The van der Waals surface area contributed by atoms with Crippen LogP contribution in [0.3, 0.4) is 0 Å². The van der Waals surface area contributed by atoms with Gasteiger partial charge in [-0.2, -0.15) is 13.2 Å². The van der Waals surface area contributed by atoms with E-state index in [0.29, 0.717) is 16.3 Å². The van der Waals surface area contributed by atoms with Crippen LogP contribution in [0.5, 0.6) is 0 Å². The SMILES string of the molecule is Cc1c(Cl)cccc1NC(=O)COC(=O)c1cc(C)n(CC(F)(F)F)c1C. The van der Waals surface area contributed by atoms with Crippen LogP contribution in [0, 0.1) is 20.8 Å². The summed E-state index contributed by atoms with van der Waals surface area (Å²) in [5, 5.41) is 3.04. The number of rotatable bonds is 5. The number of esters is 1. The maximum absolute atomic E-state index is 12.6. The van der Waals surface area contributed by atoms with Crippen LogP contribution in [0.2, 0.25) is 5.02 Å². The molecule has 146 valence electrons. The molecule has 0 atom stereocenters. The standard InChI is InChI=1S/C18H18ClF3N2O3/c1-10-7-13(12(3)24(10)9-18(20,21)22)17(26)27-8-16(25)23-15-6-4-5-14(19)11(15)2/h4-7H,8-9H2,1-3H3,(H,23,25). The van der Waals surface area contributed by atoms with Gasteiger partial charge in [-0.05, 0) is 44.5 Å². The molecule has 1 heterocycles. The molecule has 1 aromatic carbocycles. The van der Waals surface area contributed by atoms with Crippen molar-refractivity contribution in [2.24, 2.45) is 0 Å². The van der Waals surface area contributed by atoms with Crippen molar-refractivity contribution in [3.63, 3.8) is 0 Å². The van der Waals surface area contributed by atoms with Crippen molar-refractivity contribution < 1.29 is 27.5 Å². The molecule has 0 aliphatic rings. The summed E-state index contributed by atoms with van der Waals surface area (Å²) in [5.41, 5.74) is 1.53. The van der Waals surface area contributed by atoms with Crippen LogP contribution in [0.4, 0.5) is 18.9 Å². The number of nitrogens with one attached hydrogen (secondary N) is 1. The van der Waals surface area contributed by atoms with Crippen LogP contribution in [0.15, 0.2) is 24.3 Å². The third kappa shape index (κ3) is 5.26. The van der Waals surface area contributed by atoms with Crippen molar-refractivity contribution in [1.82, 2.24) is 4.57 Å². The summed E-state index contributed by atoms with van der Waals surface area (Å²) in [6.07, 6.45) is -4.41. The monoisotopic (exact) mass is 402 g/mol. The number of alkyl halides is 3. The zero-order valence-electron chi connectivity index (χ0n) is 14.9. The lowest BCUT2D eigenvalue weighted by atomic mass is 10.2. The van der Waals surface area contributed by atoms with Crippen LogP contribution in [-0.2, 0) is 16.1 Å². The van der Waals surface area contributed by atoms with Gasteiger partial charge < -0.3 is 14.6 Å². The molecule has 2 rings (SSSR count). The van der Waals surface area contributed by atoms with Gasteiger partial charge in [0.15, 0.2) is 6.61 Å². The first kappa shape index (κ1) is 20.8. The number of carbonyl (C=O) groups excluding carboxylic acids is 2. The summed E-state index contributed by atoms with van der Waals surface area (Å²) in [7, 11) is 0. The molecule has 0 fully saturated rings. The molecule has 0 unspecified atom stereocenters. The molecule has 0 aliphatic heterocycles. The minimum atomic E-state index is -4.41. The molecule has 0 radical (unpaired) electrons. The van der Waals surface area contributed by atoms with E-state index in [2.05, 4.69) is 5.32 Å². The zero-order chi connectivity index (χ0) is 20.4. The molecule has 0 spiro atoms. The number of aryl methyl sites for hydroxylation is 1. The average molecular weight is 403 g/mol. The molecule has 2 aromatic rings. The van der Waals surface area contributed by atoms with Gasteiger partial charge in [0.25, 0.3) is 5.91 Å². The number of hydrogen-bond acceptors (Lipinski definition) is 3. The summed E-state index contributed by atoms with van der Waals surface area (Å²) in [5.74, 6) is -1.45. The molecular weight excluding hydrogens is 385 g/mol. The molecule has 0 bridgehead atoms. The number of anilines is 1. The lowest BCUT2D eigenvalue weighted by Gasteiger charge is -2.12. The van der Waals surface area contributed by atoms with Crippen LogP contribution in [0.1, 0.15) is 27.3 Å². The number of halogens is 4. The fourth-order valence-electron chi connectivity index (χ4n) is 2.57. The quantitative estimate of drug-likeness (QED) is 0.753. The van der Waals surface area contributed by atoms with E-state index in [0.717, 1.165) is 4.57 Å². The Kier molecular flexibility index (Phi) is 6.20. The smallest absolute Gasteiger partial charge is 0.406 e. The second-order valence-corrected chi connectivity index (χ2v) is 6.43. The normalized spacial score (nSPS) is 11.4. The molecule has 27 heavy (non-hydrogen) atoms. The van der Waals surface area contributed by atoms with Gasteiger partial charge in [0.05, 0.1) is 5.56 Å². The van der Waals surface area contributed by atoms with Crippen molar-refractivity contribution in [2.45, 2.75) is 33.5 Å². The second-order valence-electron chi connectivity index (χ2n) is 6.02. The molecule has 0 saturated carbocycles. The fraction of sp³-hybridized carbons (Fsp3) is 0.333. The van der Waals surface area contributed by atoms with E-state index in [1.807, 2.05) is 0 Å². The lowest BCUT2D eigenvalue weighted by Crippen LogP contribution is -2.22. The molecule has 5 nitrogen and oxygen atoms in total. The third-order valence-corrected chi connectivity index (χ3v) is 4.42. The molecule has 9 heteroatoms. The second kappa shape index (κ2) is 8.04. The van der Waals surface area contributed by atoms with Gasteiger partial charge in [0.1, 0.15) is 6.54 Å². The Balaban J connectivity index is 2.02. The molecule has 0 aliphatic carbocycles. The van der Waals surface area contributed by atoms with Crippen molar-refractivity contribution in [1.29, 1.82) is 0 Å². The molecule has 1 aromatic heterocycles. The Morgan fingerprint density at radius 2 is 1.89 bits per heavy atom. The highest BCUT2D eigenvalue weighted by atomic mass is 35.5. The largest absolute Gasteiger partial charge is 0.452 e. The predicted molar refractivity (Wildman–Crippen MR) is 95.1 cm³/mol. The van der Waals surface area contributed by atoms with Crippen molar-refractivity contribution in [3.8, 4) is 0 Å². The summed E-state index contributed by atoms with van der Waals surface area (Å²) in [4.78, 5) is 24.1. The molecular formula is C18H18ClF3N2O3. The maximum atomic E-state index is 12.6. The Morgan fingerprint density at radius 1 is 1.22 bits per heavy atom. The number of aromatic nitrogens is 1. The van der Waals surface area contributed by atoms with Gasteiger partial charge in [0, 0.05) is 22.1 Å². The van der Waals surface area contributed by atoms with Crippen LogP contribution >= 0.6 is 11.6 Å². The summed E-state index contributed by atoms with van der Waals surface area (Å²) >= 11 is 5.97. The molecule has 1 N–H and O–H groups in total. The predicted octanol–water partition coefficient (Wildman–Crippen LogP) is 4.42. The summed E-state index contributed by atoms with van der Waals surface area (Å²) in [6, 6.07) is 6.28. The van der Waals surface area contributed by atoms with Gasteiger partial charge in [-0.25, -0.2) is 4.79 Å². The summed E-state index contributed by atoms with van der Waals surface area (Å²) in [6.45, 7) is 2.80. The van der Waals surface area contributed by atoms with E-state index in [1.54, 1.807) is 25.1 Å². The van der Waals surface area contributed by atoms with Crippen molar-refractivity contribution in [2.75, 3.05) is 11.9 Å². The van der Waals surface area contributed by atoms with Crippen molar-refractivity contribution >= 4 is 29.2 Å². The van der Waals surface area contributed by atoms with E-state index >= 15 is 0 Å². The van der Waals surface area contributed by atoms with Gasteiger partial charge in [-0.1, -0.05) is 17.7 Å². The van der Waals surface area contributed by atoms with E-state index in [9.17, 15) is 22.8 Å². The van der Waals surface area contributed by atoms with Gasteiger partial charge in [0.2, 0.25) is 0 Å². The van der Waals surface area contributed by atoms with E-state index in [4.69, 9.17) is 16.3 Å². The zero-order valence-corrected chi connectivity index (χ0v) is 15.7. The number of carbonyl (C=O) groups is 2. The first-order valence-corrected chi connectivity index (χ1v) is 8.33.